The first-order valence-corrected chi connectivity index (χ1v) is 9.27. The van der Waals surface area contributed by atoms with Crippen molar-refractivity contribution in [3.63, 3.8) is 0 Å². The van der Waals surface area contributed by atoms with Crippen LogP contribution in [-0.2, 0) is 6.61 Å². The van der Waals surface area contributed by atoms with Crippen LogP contribution in [0.3, 0.4) is 0 Å². The molecule has 4 aromatic rings. The molecule has 148 valence electrons. The highest BCUT2D eigenvalue weighted by Gasteiger charge is 2.11. The number of nitrogens with two attached hydrogens (primary N) is 1. The molecule has 30 heavy (non-hydrogen) atoms. The van der Waals surface area contributed by atoms with Gasteiger partial charge in [0.05, 0.1) is 28.5 Å². The SMILES string of the molecule is [C-]#[N+]c1cnc2ccc(N)cc2c1Nc1ccc(OCc2cc(F)ccn2)c(Cl)c1. The molecule has 0 atom stereocenters. The molecule has 0 unspecified atom stereocenters. The zero-order chi connectivity index (χ0) is 21.1. The van der Waals surface area contributed by atoms with E-state index in [1.54, 1.807) is 36.4 Å². The van der Waals surface area contributed by atoms with E-state index in [1.807, 2.05) is 0 Å². The summed E-state index contributed by atoms with van der Waals surface area (Å²) in [5.41, 5.74) is 9.27. The highest BCUT2D eigenvalue weighted by Crippen LogP contribution is 2.37. The number of nitrogens with one attached hydrogen (secondary N) is 1. The van der Waals surface area contributed by atoms with E-state index in [-0.39, 0.29) is 12.4 Å². The average Bonchev–Trinajstić information content (AvgIpc) is 2.73. The lowest BCUT2D eigenvalue weighted by atomic mass is 10.1. The number of halogens is 2. The summed E-state index contributed by atoms with van der Waals surface area (Å²) in [6, 6.07) is 13.0. The Balaban J connectivity index is 1.60. The normalized spacial score (nSPS) is 10.6. The van der Waals surface area contributed by atoms with Crippen molar-refractivity contribution in [2.45, 2.75) is 6.61 Å². The molecule has 0 bridgehead atoms. The Bertz CT molecular complexity index is 1290. The first-order chi connectivity index (χ1) is 14.5. The fourth-order valence-corrected chi connectivity index (χ4v) is 3.17. The summed E-state index contributed by atoms with van der Waals surface area (Å²) >= 11 is 6.36. The second-order valence-corrected chi connectivity index (χ2v) is 6.84. The second kappa shape index (κ2) is 8.23. The number of ether oxygens (including phenoxy) is 1. The van der Waals surface area contributed by atoms with Crippen molar-refractivity contribution in [1.82, 2.24) is 9.97 Å². The number of hydrogen-bond donors (Lipinski definition) is 2. The van der Waals surface area contributed by atoms with Crippen molar-refractivity contribution >= 4 is 45.3 Å². The molecule has 0 radical (unpaired) electrons. The van der Waals surface area contributed by atoms with Crippen molar-refractivity contribution in [3.05, 3.63) is 88.9 Å². The van der Waals surface area contributed by atoms with E-state index in [1.165, 1.54) is 24.5 Å². The smallest absolute Gasteiger partial charge is 0.228 e. The van der Waals surface area contributed by atoms with Crippen LogP contribution in [-0.4, -0.2) is 9.97 Å². The lowest BCUT2D eigenvalue weighted by Gasteiger charge is -2.14. The number of benzene rings is 2. The van der Waals surface area contributed by atoms with Crippen LogP contribution in [0.2, 0.25) is 5.02 Å². The van der Waals surface area contributed by atoms with Crippen molar-refractivity contribution in [3.8, 4) is 5.75 Å². The molecule has 2 aromatic heterocycles. The molecule has 0 aliphatic carbocycles. The standard InChI is InChI=1S/C22H15ClFN5O/c1-26-20-11-28-19-4-2-14(25)9-17(19)22(20)29-15-3-5-21(18(23)10-15)30-12-16-8-13(24)6-7-27-16/h2-11H,12,25H2,(H,28,29). The molecule has 0 saturated carbocycles. The largest absolute Gasteiger partial charge is 0.486 e. The third-order valence-corrected chi connectivity index (χ3v) is 4.64. The highest BCUT2D eigenvalue weighted by molar-refractivity contribution is 6.32. The molecule has 0 aliphatic rings. The van der Waals surface area contributed by atoms with E-state index >= 15 is 0 Å². The van der Waals surface area contributed by atoms with Gasteiger partial charge in [-0.25, -0.2) is 9.24 Å². The summed E-state index contributed by atoms with van der Waals surface area (Å²) in [6.07, 6.45) is 2.89. The Kier molecular flexibility index (Phi) is 5.33. The van der Waals surface area contributed by atoms with Gasteiger partial charge in [0.25, 0.3) is 0 Å². The zero-order valence-corrected chi connectivity index (χ0v) is 16.3. The summed E-state index contributed by atoms with van der Waals surface area (Å²) in [6.45, 7) is 7.53. The third kappa shape index (κ3) is 4.09. The predicted octanol–water partition coefficient (Wildman–Crippen LogP) is 5.88. The minimum absolute atomic E-state index is 0.0837. The Hall–Kier alpha value is -3.89. The van der Waals surface area contributed by atoms with Gasteiger partial charge >= 0.3 is 0 Å². The lowest BCUT2D eigenvalue weighted by Crippen LogP contribution is -2.00. The predicted molar refractivity (Wildman–Crippen MR) is 116 cm³/mol. The quantitative estimate of drug-likeness (QED) is 0.312. The van der Waals surface area contributed by atoms with Gasteiger partial charge in [-0.05, 0) is 48.5 Å². The topological polar surface area (TPSA) is 77.4 Å². The monoisotopic (exact) mass is 419 g/mol. The Morgan fingerprint density at radius 2 is 2.00 bits per heavy atom. The van der Waals surface area contributed by atoms with E-state index in [0.717, 1.165) is 5.39 Å². The summed E-state index contributed by atoms with van der Waals surface area (Å²) in [5, 5.41) is 4.33. The van der Waals surface area contributed by atoms with Gasteiger partial charge in [0.1, 0.15) is 18.2 Å². The van der Waals surface area contributed by atoms with E-state index in [9.17, 15) is 4.39 Å². The number of fused-ring (bicyclic) bond motifs is 1. The fraction of sp³-hybridized carbons (Fsp3) is 0.0455. The van der Waals surface area contributed by atoms with Crippen LogP contribution in [0.4, 0.5) is 27.1 Å². The van der Waals surface area contributed by atoms with Crippen LogP contribution in [0.25, 0.3) is 15.7 Å². The van der Waals surface area contributed by atoms with Crippen molar-refractivity contribution in [1.29, 1.82) is 0 Å². The van der Waals surface area contributed by atoms with Gasteiger partial charge in [-0.3, -0.25) is 9.97 Å². The van der Waals surface area contributed by atoms with Gasteiger partial charge in [-0.2, -0.15) is 0 Å². The van der Waals surface area contributed by atoms with E-state index in [2.05, 4.69) is 20.1 Å². The van der Waals surface area contributed by atoms with E-state index in [0.29, 0.717) is 44.7 Å². The number of nitrogen functional groups attached to an aromatic ring is 1. The highest BCUT2D eigenvalue weighted by atomic mass is 35.5. The van der Waals surface area contributed by atoms with Gasteiger partial charge in [-0.15, -0.1) is 0 Å². The molecule has 2 aromatic carbocycles. The molecule has 2 heterocycles. The number of rotatable bonds is 5. The van der Waals surface area contributed by atoms with Gasteiger partial charge < -0.3 is 15.8 Å². The molecule has 0 spiro atoms. The van der Waals surface area contributed by atoms with Crippen molar-refractivity contribution in [2.24, 2.45) is 0 Å². The molecule has 6 nitrogen and oxygen atoms in total. The maximum absolute atomic E-state index is 13.3. The third-order valence-electron chi connectivity index (χ3n) is 4.35. The van der Waals surface area contributed by atoms with Crippen LogP contribution in [0.5, 0.6) is 5.75 Å². The van der Waals surface area contributed by atoms with Gasteiger partial charge in [0.15, 0.2) is 0 Å². The number of nitrogens with zero attached hydrogens (tertiary/aromatic N) is 3. The van der Waals surface area contributed by atoms with Gasteiger partial charge in [0, 0.05) is 29.2 Å². The summed E-state index contributed by atoms with van der Waals surface area (Å²) in [4.78, 5) is 11.9. The zero-order valence-electron chi connectivity index (χ0n) is 15.6. The average molecular weight is 420 g/mol. The number of hydrogen-bond acceptors (Lipinski definition) is 5. The summed E-state index contributed by atoms with van der Waals surface area (Å²) in [7, 11) is 0. The summed E-state index contributed by atoms with van der Waals surface area (Å²) in [5.74, 6) is 0.0533. The maximum Gasteiger partial charge on any atom is 0.228 e. The van der Waals surface area contributed by atoms with Crippen LogP contribution in [0.15, 0.2) is 60.9 Å². The van der Waals surface area contributed by atoms with Crippen LogP contribution < -0.4 is 15.8 Å². The Morgan fingerprint density at radius 3 is 2.77 bits per heavy atom. The molecule has 0 amide bonds. The van der Waals surface area contributed by atoms with Crippen LogP contribution in [0.1, 0.15) is 5.69 Å². The Labute approximate surface area is 176 Å². The van der Waals surface area contributed by atoms with Crippen LogP contribution >= 0.6 is 11.6 Å². The fourth-order valence-electron chi connectivity index (χ4n) is 2.94. The number of anilines is 3. The number of aromatic nitrogens is 2. The molecule has 0 aliphatic heterocycles. The molecule has 3 N–H and O–H groups in total. The Morgan fingerprint density at radius 1 is 1.13 bits per heavy atom. The first kappa shape index (κ1) is 19.4. The molecule has 8 heteroatoms. The molecule has 4 rings (SSSR count). The van der Waals surface area contributed by atoms with Crippen molar-refractivity contribution < 1.29 is 9.13 Å². The van der Waals surface area contributed by atoms with Crippen molar-refractivity contribution in [2.75, 3.05) is 11.1 Å². The summed E-state index contributed by atoms with van der Waals surface area (Å²) < 4.78 is 18.9. The minimum Gasteiger partial charge on any atom is -0.486 e. The lowest BCUT2D eigenvalue weighted by molar-refractivity contribution is 0.301. The maximum atomic E-state index is 13.3. The van der Waals surface area contributed by atoms with Gasteiger partial charge in [-0.1, -0.05) is 11.6 Å². The second-order valence-electron chi connectivity index (χ2n) is 6.43. The molecular weight excluding hydrogens is 405 g/mol. The van der Waals surface area contributed by atoms with Gasteiger partial charge in [0.2, 0.25) is 5.69 Å². The molecular formula is C22H15ClFN5O. The minimum atomic E-state index is -0.380. The molecule has 0 fully saturated rings. The van der Waals surface area contributed by atoms with Crippen LogP contribution in [0, 0.1) is 12.4 Å². The van der Waals surface area contributed by atoms with E-state index in [4.69, 9.17) is 28.6 Å². The number of pyridine rings is 2. The van der Waals surface area contributed by atoms with E-state index < -0.39 is 0 Å². The first-order valence-electron chi connectivity index (χ1n) is 8.89. The molecule has 0 saturated heterocycles.